The van der Waals surface area contributed by atoms with Crippen LogP contribution in [-0.2, 0) is 0 Å². The zero-order chi connectivity index (χ0) is 10.4. The van der Waals surface area contributed by atoms with E-state index in [2.05, 4.69) is 16.7 Å². The van der Waals surface area contributed by atoms with E-state index in [4.69, 9.17) is 10.8 Å². The summed E-state index contributed by atoms with van der Waals surface area (Å²) < 4.78 is 0. The summed E-state index contributed by atoms with van der Waals surface area (Å²) in [5.41, 5.74) is 7.03. The van der Waals surface area contributed by atoms with Gasteiger partial charge in [-0.2, -0.15) is 0 Å². The van der Waals surface area contributed by atoms with E-state index in [1.807, 2.05) is 6.92 Å². The van der Waals surface area contributed by atoms with Crippen molar-refractivity contribution in [1.29, 1.82) is 0 Å². The number of rotatable bonds is 3. The van der Waals surface area contributed by atoms with Gasteiger partial charge in [0.05, 0.1) is 12.6 Å². The molecule has 0 bridgehead atoms. The van der Waals surface area contributed by atoms with Gasteiger partial charge in [0.25, 0.3) is 0 Å². The molecule has 0 amide bonds. The number of nitrogens with two attached hydrogens (primary N) is 1. The average molecular weight is 183 g/mol. The van der Waals surface area contributed by atoms with E-state index in [-0.39, 0.29) is 0 Å². The third kappa shape index (κ3) is 4.42. The highest BCUT2D eigenvalue weighted by molar-refractivity contribution is 6.00. The second kappa shape index (κ2) is 5.48. The summed E-state index contributed by atoms with van der Waals surface area (Å²) >= 11 is 0. The zero-order valence-corrected chi connectivity index (χ0v) is 8.41. The smallest absolute Gasteiger partial charge is 0.151 e. The van der Waals surface area contributed by atoms with Crippen molar-refractivity contribution in [3.8, 4) is 0 Å². The Kier molecular flexibility index (Phi) is 4.99. The van der Waals surface area contributed by atoms with Gasteiger partial charge < -0.3 is 10.8 Å². The first-order valence-corrected chi connectivity index (χ1v) is 4.11. The highest BCUT2D eigenvalue weighted by Crippen LogP contribution is 2.02. The summed E-state index contributed by atoms with van der Waals surface area (Å²) in [6, 6.07) is 0. The molecule has 0 rings (SSSR count). The maximum Gasteiger partial charge on any atom is 0.151 e. The largest absolute Gasteiger partial charge is 0.402 e. The molecule has 4 nitrogen and oxygen atoms in total. The minimum Gasteiger partial charge on any atom is -0.402 e. The predicted octanol–water partition coefficient (Wildman–Crippen LogP) is 0.719. The second-order valence-electron chi connectivity index (χ2n) is 2.98. The predicted molar refractivity (Wildman–Crippen MR) is 56.1 cm³/mol. The first-order chi connectivity index (χ1) is 5.99. The van der Waals surface area contributed by atoms with E-state index in [1.54, 1.807) is 13.8 Å². The molecule has 0 radical (unpaired) electrons. The number of allylic oxidation sites excluding steroid dienone is 1. The Morgan fingerprint density at radius 2 is 2.08 bits per heavy atom. The van der Waals surface area contributed by atoms with Gasteiger partial charge in [0.2, 0.25) is 0 Å². The van der Waals surface area contributed by atoms with E-state index in [0.717, 1.165) is 5.57 Å². The van der Waals surface area contributed by atoms with Crippen LogP contribution in [0.3, 0.4) is 0 Å². The van der Waals surface area contributed by atoms with Gasteiger partial charge in [-0.15, -0.1) is 0 Å². The van der Waals surface area contributed by atoms with Gasteiger partial charge in [-0.1, -0.05) is 0 Å². The van der Waals surface area contributed by atoms with Crippen LogP contribution in [0.4, 0.5) is 0 Å². The molecule has 0 aromatic heterocycles. The monoisotopic (exact) mass is 183 g/mol. The van der Waals surface area contributed by atoms with Crippen molar-refractivity contribution in [2.75, 3.05) is 6.54 Å². The standard InChI is InChI=1S/C9H17N3O/c1-6(13)5-12-9(11-4)7(2)8(3)10/h6,13H,4-5,10H2,1-3H3/t6-/m0/s1. The van der Waals surface area contributed by atoms with Crippen LogP contribution in [0.25, 0.3) is 0 Å². The fourth-order valence-electron chi connectivity index (χ4n) is 0.682. The van der Waals surface area contributed by atoms with E-state index in [1.165, 1.54) is 0 Å². The summed E-state index contributed by atoms with van der Waals surface area (Å²) in [5, 5.41) is 9.00. The third-order valence-corrected chi connectivity index (χ3v) is 1.58. The lowest BCUT2D eigenvalue weighted by molar-refractivity contribution is 0.204. The van der Waals surface area contributed by atoms with Crippen LogP contribution in [0.1, 0.15) is 20.8 Å². The van der Waals surface area contributed by atoms with Gasteiger partial charge in [-0.05, 0) is 27.5 Å². The molecule has 0 aromatic rings. The van der Waals surface area contributed by atoms with Crippen molar-refractivity contribution in [3.05, 3.63) is 11.3 Å². The Hall–Kier alpha value is -1.16. The third-order valence-electron chi connectivity index (χ3n) is 1.58. The van der Waals surface area contributed by atoms with Crippen LogP contribution < -0.4 is 5.73 Å². The molecule has 0 spiro atoms. The molecule has 0 saturated carbocycles. The molecule has 0 aliphatic carbocycles. The molecule has 1 atom stereocenters. The maximum atomic E-state index is 9.00. The van der Waals surface area contributed by atoms with E-state index in [9.17, 15) is 0 Å². The molecule has 0 aromatic carbocycles. The number of aliphatic hydroxyl groups excluding tert-OH is 1. The molecule has 74 valence electrons. The number of aliphatic hydroxyl groups is 1. The van der Waals surface area contributed by atoms with Gasteiger partial charge in [0, 0.05) is 11.3 Å². The Bertz CT molecular complexity index is 237. The van der Waals surface area contributed by atoms with Gasteiger partial charge in [-0.3, -0.25) is 4.99 Å². The Morgan fingerprint density at radius 1 is 1.54 bits per heavy atom. The lowest BCUT2D eigenvalue weighted by Gasteiger charge is -2.04. The fourth-order valence-corrected chi connectivity index (χ4v) is 0.682. The van der Waals surface area contributed by atoms with Crippen molar-refractivity contribution in [3.63, 3.8) is 0 Å². The van der Waals surface area contributed by atoms with Crippen molar-refractivity contribution in [1.82, 2.24) is 0 Å². The fraction of sp³-hybridized carbons (Fsp3) is 0.556. The van der Waals surface area contributed by atoms with Gasteiger partial charge in [0.1, 0.15) is 0 Å². The molecule has 0 aliphatic heterocycles. The average Bonchev–Trinajstić information content (AvgIpc) is 2.04. The van der Waals surface area contributed by atoms with E-state index >= 15 is 0 Å². The van der Waals surface area contributed by atoms with Crippen LogP contribution in [-0.4, -0.2) is 30.3 Å². The quantitative estimate of drug-likeness (QED) is 0.500. The molecule has 3 N–H and O–H groups in total. The number of hydrogen-bond acceptors (Lipinski definition) is 3. The first-order valence-electron chi connectivity index (χ1n) is 4.11. The molecule has 0 saturated heterocycles. The van der Waals surface area contributed by atoms with Crippen LogP contribution in [0.2, 0.25) is 0 Å². The highest BCUT2D eigenvalue weighted by Gasteiger charge is 2.01. The normalized spacial score (nSPS) is 16.5. The minimum absolute atomic E-state index is 0.318. The summed E-state index contributed by atoms with van der Waals surface area (Å²) in [5.74, 6) is 0.501. The summed E-state index contributed by atoms with van der Waals surface area (Å²) in [6.07, 6.45) is -0.470. The van der Waals surface area contributed by atoms with Gasteiger partial charge in [-0.25, -0.2) is 4.99 Å². The summed E-state index contributed by atoms with van der Waals surface area (Å²) in [6.45, 7) is 8.97. The van der Waals surface area contributed by atoms with Crippen molar-refractivity contribution in [2.45, 2.75) is 26.9 Å². The van der Waals surface area contributed by atoms with Crippen molar-refractivity contribution >= 4 is 12.6 Å². The van der Waals surface area contributed by atoms with Gasteiger partial charge >= 0.3 is 0 Å². The highest BCUT2D eigenvalue weighted by atomic mass is 16.3. The maximum absolute atomic E-state index is 9.00. The van der Waals surface area contributed by atoms with Crippen LogP contribution >= 0.6 is 0 Å². The molecule has 0 fully saturated rings. The lowest BCUT2D eigenvalue weighted by atomic mass is 10.2. The zero-order valence-electron chi connectivity index (χ0n) is 8.41. The summed E-state index contributed by atoms with van der Waals surface area (Å²) in [7, 11) is 0. The minimum atomic E-state index is -0.470. The Morgan fingerprint density at radius 3 is 2.38 bits per heavy atom. The van der Waals surface area contributed by atoms with Crippen LogP contribution in [0.15, 0.2) is 21.3 Å². The van der Waals surface area contributed by atoms with Gasteiger partial charge in [0.15, 0.2) is 5.84 Å². The molecular formula is C9H17N3O. The van der Waals surface area contributed by atoms with Crippen molar-refractivity contribution < 1.29 is 5.11 Å². The van der Waals surface area contributed by atoms with Crippen LogP contribution in [0.5, 0.6) is 0 Å². The number of nitrogens with zero attached hydrogens (tertiary/aromatic N) is 2. The molecule has 0 aliphatic rings. The summed E-state index contributed by atoms with van der Waals surface area (Å²) in [4.78, 5) is 7.79. The molecular weight excluding hydrogens is 166 g/mol. The van der Waals surface area contributed by atoms with Crippen molar-refractivity contribution in [2.24, 2.45) is 15.7 Å². The van der Waals surface area contributed by atoms with Crippen LogP contribution in [0, 0.1) is 0 Å². The first kappa shape index (κ1) is 11.8. The SMILES string of the molecule is C=NC(=NC[C@H](C)O)C(C)=C(C)N. The van der Waals surface area contributed by atoms with E-state index in [0.29, 0.717) is 18.1 Å². The van der Waals surface area contributed by atoms with E-state index < -0.39 is 6.10 Å². The number of hydrogen-bond donors (Lipinski definition) is 2. The second-order valence-corrected chi connectivity index (χ2v) is 2.98. The Labute approximate surface area is 78.9 Å². The molecule has 0 heterocycles. The molecule has 13 heavy (non-hydrogen) atoms. The topological polar surface area (TPSA) is 71.0 Å². The lowest BCUT2D eigenvalue weighted by Crippen LogP contribution is -2.10. The number of aliphatic imine (C=N–C) groups is 2. The number of amidine groups is 1. The Balaban J connectivity index is 4.61. The molecule has 4 heteroatoms. The molecule has 0 unspecified atom stereocenters.